The molecule has 8 heteroatoms. The number of anilines is 1. The molecule has 1 aromatic rings. The maximum absolute atomic E-state index is 12.0. The summed E-state index contributed by atoms with van der Waals surface area (Å²) >= 11 is 0. The fourth-order valence-corrected chi connectivity index (χ4v) is 2.90. The van der Waals surface area contributed by atoms with Gasteiger partial charge in [-0.3, -0.25) is 9.59 Å². The van der Waals surface area contributed by atoms with Crippen LogP contribution in [0.2, 0.25) is 0 Å². The lowest BCUT2D eigenvalue weighted by Gasteiger charge is -2.08. The molecule has 1 saturated carbocycles. The van der Waals surface area contributed by atoms with Crippen molar-refractivity contribution in [1.29, 1.82) is 0 Å². The van der Waals surface area contributed by atoms with E-state index in [9.17, 15) is 18.0 Å². The fraction of sp³-hybridized carbons (Fsp3) is 0.429. The molecule has 0 radical (unpaired) electrons. The molecule has 0 aromatic heterocycles. The molecule has 2 rings (SSSR count). The average molecular weight is 325 g/mol. The Kier molecular flexibility index (Phi) is 5.15. The Hall–Kier alpha value is -1.93. The van der Waals surface area contributed by atoms with Crippen molar-refractivity contribution in [3.8, 4) is 0 Å². The zero-order valence-corrected chi connectivity index (χ0v) is 13.1. The van der Waals surface area contributed by atoms with Gasteiger partial charge in [0.1, 0.15) is 0 Å². The molecular formula is C14H19N3O4S. The van der Waals surface area contributed by atoms with Crippen LogP contribution >= 0.6 is 0 Å². The van der Waals surface area contributed by atoms with Crippen LogP contribution in [0.25, 0.3) is 0 Å². The highest BCUT2D eigenvalue weighted by molar-refractivity contribution is 7.89. The minimum atomic E-state index is -3.62. The summed E-state index contributed by atoms with van der Waals surface area (Å²) in [6.45, 7) is 1.77. The normalized spacial score (nSPS) is 14.4. The molecular weight excluding hydrogens is 306 g/mol. The van der Waals surface area contributed by atoms with Gasteiger partial charge in [-0.1, -0.05) is 0 Å². The number of hydrogen-bond donors (Lipinski definition) is 3. The molecule has 1 aromatic carbocycles. The molecule has 1 aliphatic carbocycles. The van der Waals surface area contributed by atoms with Gasteiger partial charge in [-0.2, -0.15) is 0 Å². The number of amides is 2. The van der Waals surface area contributed by atoms with Gasteiger partial charge in [0, 0.05) is 31.6 Å². The Bertz CT molecular complexity index is 651. The quantitative estimate of drug-likeness (QED) is 0.633. The molecule has 1 aliphatic rings. The zero-order valence-electron chi connectivity index (χ0n) is 12.3. The summed E-state index contributed by atoms with van der Waals surface area (Å²) in [6, 6.07) is 5.86. The number of sulfonamides is 1. The number of carbonyl (C=O) groups excluding carboxylic acids is 2. The van der Waals surface area contributed by atoms with Gasteiger partial charge in [0.25, 0.3) is 0 Å². The molecule has 0 heterocycles. The zero-order chi connectivity index (χ0) is 16.2. The summed E-state index contributed by atoms with van der Waals surface area (Å²) in [4.78, 5) is 22.4. The van der Waals surface area contributed by atoms with Crippen molar-refractivity contribution in [2.24, 2.45) is 5.92 Å². The Morgan fingerprint density at radius 1 is 1.14 bits per heavy atom. The summed E-state index contributed by atoms with van der Waals surface area (Å²) in [5.74, 6) is -0.128. The monoisotopic (exact) mass is 325 g/mol. The highest BCUT2D eigenvalue weighted by Gasteiger charge is 2.29. The second-order valence-electron chi connectivity index (χ2n) is 5.17. The van der Waals surface area contributed by atoms with Crippen molar-refractivity contribution in [2.75, 3.05) is 18.4 Å². The van der Waals surface area contributed by atoms with Crippen LogP contribution in [0.1, 0.15) is 19.8 Å². The van der Waals surface area contributed by atoms with E-state index < -0.39 is 10.0 Å². The third kappa shape index (κ3) is 4.81. The van der Waals surface area contributed by atoms with Gasteiger partial charge in [-0.15, -0.1) is 0 Å². The van der Waals surface area contributed by atoms with E-state index in [1.807, 2.05) is 0 Å². The van der Waals surface area contributed by atoms with Gasteiger partial charge in [-0.25, -0.2) is 13.1 Å². The van der Waals surface area contributed by atoms with Gasteiger partial charge in [-0.05, 0) is 37.1 Å². The van der Waals surface area contributed by atoms with Crippen LogP contribution in [-0.2, 0) is 19.6 Å². The largest absolute Gasteiger partial charge is 0.355 e. The first kappa shape index (κ1) is 16.4. The van der Waals surface area contributed by atoms with Crippen LogP contribution < -0.4 is 15.4 Å². The van der Waals surface area contributed by atoms with Gasteiger partial charge in [0.2, 0.25) is 21.8 Å². The van der Waals surface area contributed by atoms with Gasteiger partial charge >= 0.3 is 0 Å². The van der Waals surface area contributed by atoms with Crippen LogP contribution in [0.15, 0.2) is 29.2 Å². The molecule has 22 heavy (non-hydrogen) atoms. The predicted molar refractivity (Wildman–Crippen MR) is 81.7 cm³/mol. The smallest absolute Gasteiger partial charge is 0.240 e. The Labute approximate surface area is 129 Å². The van der Waals surface area contributed by atoms with E-state index in [0.29, 0.717) is 5.69 Å². The van der Waals surface area contributed by atoms with E-state index in [0.717, 1.165) is 12.8 Å². The SMILES string of the molecule is CC(=O)Nc1ccc(S(=O)(=O)NCCNC(=O)C2CC2)cc1. The first-order valence-electron chi connectivity index (χ1n) is 7.03. The Morgan fingerprint density at radius 2 is 1.77 bits per heavy atom. The molecule has 1 fully saturated rings. The molecule has 0 atom stereocenters. The fourth-order valence-electron chi connectivity index (χ4n) is 1.86. The standard InChI is InChI=1S/C14H19N3O4S/c1-10(18)17-12-4-6-13(7-5-12)22(20,21)16-9-8-15-14(19)11-2-3-11/h4-7,11,16H,2-3,8-9H2,1H3,(H,15,19)(H,17,18). The van der Waals surface area contributed by atoms with E-state index in [2.05, 4.69) is 15.4 Å². The molecule has 0 saturated heterocycles. The maximum Gasteiger partial charge on any atom is 0.240 e. The van der Waals surface area contributed by atoms with E-state index in [1.54, 1.807) is 0 Å². The van der Waals surface area contributed by atoms with Crippen LogP contribution in [0.4, 0.5) is 5.69 Å². The molecule has 7 nitrogen and oxygen atoms in total. The van der Waals surface area contributed by atoms with Crippen LogP contribution in [-0.4, -0.2) is 33.3 Å². The third-order valence-corrected chi connectivity index (χ3v) is 4.63. The first-order chi connectivity index (χ1) is 10.4. The lowest BCUT2D eigenvalue weighted by molar-refractivity contribution is -0.122. The molecule has 0 bridgehead atoms. The van der Waals surface area contributed by atoms with Gasteiger partial charge in [0.05, 0.1) is 4.90 Å². The van der Waals surface area contributed by atoms with Crippen molar-refractivity contribution in [3.63, 3.8) is 0 Å². The van der Waals surface area contributed by atoms with E-state index >= 15 is 0 Å². The van der Waals surface area contributed by atoms with E-state index in [1.165, 1.54) is 31.2 Å². The highest BCUT2D eigenvalue weighted by atomic mass is 32.2. The van der Waals surface area contributed by atoms with Crippen molar-refractivity contribution in [1.82, 2.24) is 10.0 Å². The Balaban J connectivity index is 1.83. The van der Waals surface area contributed by atoms with Gasteiger partial charge in [0.15, 0.2) is 0 Å². The molecule has 3 N–H and O–H groups in total. The van der Waals surface area contributed by atoms with Gasteiger partial charge < -0.3 is 10.6 Å². The minimum absolute atomic E-state index is 0.0149. The summed E-state index contributed by atoms with van der Waals surface area (Å²) < 4.78 is 26.5. The van der Waals surface area contributed by atoms with E-state index in [-0.39, 0.29) is 35.7 Å². The van der Waals surface area contributed by atoms with Crippen LogP contribution in [0, 0.1) is 5.92 Å². The average Bonchev–Trinajstić information content (AvgIpc) is 3.28. The number of nitrogens with one attached hydrogen (secondary N) is 3. The molecule has 2 amide bonds. The van der Waals surface area contributed by atoms with Crippen molar-refractivity contribution in [2.45, 2.75) is 24.7 Å². The lowest BCUT2D eigenvalue weighted by atomic mass is 10.3. The van der Waals surface area contributed by atoms with E-state index in [4.69, 9.17) is 0 Å². The molecule has 0 spiro atoms. The molecule has 0 unspecified atom stereocenters. The van der Waals surface area contributed by atoms with Crippen molar-refractivity contribution < 1.29 is 18.0 Å². The number of benzene rings is 1. The topological polar surface area (TPSA) is 104 Å². The molecule has 0 aliphatic heterocycles. The summed E-state index contributed by atoms with van der Waals surface area (Å²) in [6.07, 6.45) is 1.83. The second-order valence-corrected chi connectivity index (χ2v) is 6.94. The van der Waals surface area contributed by atoms with Crippen LogP contribution in [0.3, 0.4) is 0 Å². The first-order valence-corrected chi connectivity index (χ1v) is 8.52. The minimum Gasteiger partial charge on any atom is -0.355 e. The van der Waals surface area contributed by atoms with Crippen LogP contribution in [0.5, 0.6) is 0 Å². The van der Waals surface area contributed by atoms with Crippen molar-refractivity contribution in [3.05, 3.63) is 24.3 Å². The van der Waals surface area contributed by atoms with Crippen molar-refractivity contribution >= 4 is 27.5 Å². The maximum atomic E-state index is 12.0. The summed E-state index contributed by atoms with van der Waals surface area (Å²) in [7, 11) is -3.62. The molecule has 120 valence electrons. The lowest BCUT2D eigenvalue weighted by Crippen LogP contribution is -2.35. The summed E-state index contributed by atoms with van der Waals surface area (Å²) in [5, 5.41) is 5.25. The third-order valence-electron chi connectivity index (χ3n) is 3.15. The Morgan fingerprint density at radius 3 is 2.32 bits per heavy atom. The predicted octanol–water partition coefficient (Wildman–Crippen LogP) is 0.449. The number of carbonyl (C=O) groups is 2. The highest BCUT2D eigenvalue weighted by Crippen LogP contribution is 2.28. The number of rotatable bonds is 7. The number of hydrogen-bond acceptors (Lipinski definition) is 4. The summed E-state index contributed by atoms with van der Waals surface area (Å²) in [5.41, 5.74) is 0.531. The second kappa shape index (κ2) is 6.89.